The molecule has 0 fully saturated rings. The molecule has 0 atom stereocenters. The molecule has 18 heavy (non-hydrogen) atoms. The van der Waals surface area contributed by atoms with E-state index < -0.39 is 0 Å². The van der Waals surface area contributed by atoms with Gasteiger partial charge in [0, 0.05) is 16.1 Å². The SMILES string of the molecule is CC1=C(c2cc3ccccc3s2)N2CCN=C2S1. The van der Waals surface area contributed by atoms with Crippen molar-refractivity contribution in [3.05, 3.63) is 40.1 Å². The Morgan fingerprint density at radius 3 is 3.06 bits per heavy atom. The van der Waals surface area contributed by atoms with Crippen molar-refractivity contribution in [2.75, 3.05) is 13.1 Å². The maximum absolute atomic E-state index is 4.55. The number of rotatable bonds is 1. The predicted octanol–water partition coefficient (Wildman–Crippen LogP) is 4.01. The summed E-state index contributed by atoms with van der Waals surface area (Å²) in [5.74, 6) is 0. The molecule has 0 N–H and O–H groups in total. The second kappa shape index (κ2) is 3.87. The van der Waals surface area contributed by atoms with Crippen molar-refractivity contribution < 1.29 is 0 Å². The van der Waals surface area contributed by atoms with E-state index in [2.05, 4.69) is 47.1 Å². The Morgan fingerprint density at radius 2 is 2.17 bits per heavy atom. The first-order valence-electron chi connectivity index (χ1n) is 6.02. The molecule has 0 saturated carbocycles. The molecule has 1 aromatic heterocycles. The summed E-state index contributed by atoms with van der Waals surface area (Å²) in [5.41, 5.74) is 1.37. The topological polar surface area (TPSA) is 15.6 Å². The fourth-order valence-corrected chi connectivity index (χ4v) is 4.78. The molecule has 0 unspecified atom stereocenters. The largest absolute Gasteiger partial charge is 0.317 e. The Kier molecular flexibility index (Phi) is 2.29. The molecule has 0 bridgehead atoms. The highest BCUT2D eigenvalue weighted by Gasteiger charge is 2.31. The van der Waals surface area contributed by atoms with Gasteiger partial charge in [-0.15, -0.1) is 11.3 Å². The zero-order chi connectivity index (χ0) is 12.1. The van der Waals surface area contributed by atoms with Gasteiger partial charge < -0.3 is 4.90 Å². The standard InChI is InChI=1S/C14H12N2S2/c1-9-13(16-7-6-15-14(16)17-9)12-8-10-4-2-3-5-11(10)18-12/h2-5,8H,6-7H2,1H3. The zero-order valence-electron chi connectivity index (χ0n) is 10.0. The van der Waals surface area contributed by atoms with Gasteiger partial charge in [-0.05, 0) is 24.4 Å². The van der Waals surface area contributed by atoms with Crippen LogP contribution in [-0.2, 0) is 0 Å². The lowest BCUT2D eigenvalue weighted by atomic mass is 10.2. The molecule has 2 aliphatic rings. The van der Waals surface area contributed by atoms with E-state index in [1.54, 1.807) is 0 Å². The lowest BCUT2D eigenvalue weighted by molar-refractivity contribution is 0.649. The molecule has 0 saturated heterocycles. The van der Waals surface area contributed by atoms with Gasteiger partial charge in [0.2, 0.25) is 0 Å². The third kappa shape index (κ3) is 1.45. The van der Waals surface area contributed by atoms with Crippen molar-refractivity contribution in [2.24, 2.45) is 4.99 Å². The monoisotopic (exact) mass is 272 g/mol. The van der Waals surface area contributed by atoms with Gasteiger partial charge >= 0.3 is 0 Å². The molecule has 2 aromatic rings. The van der Waals surface area contributed by atoms with E-state index in [-0.39, 0.29) is 0 Å². The molecule has 2 nitrogen and oxygen atoms in total. The molecule has 0 amide bonds. The minimum absolute atomic E-state index is 0.935. The number of benzene rings is 1. The number of fused-ring (bicyclic) bond motifs is 2. The zero-order valence-corrected chi connectivity index (χ0v) is 11.6. The van der Waals surface area contributed by atoms with Crippen LogP contribution in [0.15, 0.2) is 40.2 Å². The first kappa shape index (κ1) is 10.6. The van der Waals surface area contributed by atoms with Gasteiger partial charge in [-0.1, -0.05) is 30.0 Å². The van der Waals surface area contributed by atoms with Gasteiger partial charge in [0.25, 0.3) is 0 Å². The fraction of sp³-hybridized carbons (Fsp3) is 0.214. The van der Waals surface area contributed by atoms with E-state index in [4.69, 9.17) is 0 Å². The summed E-state index contributed by atoms with van der Waals surface area (Å²) in [7, 11) is 0. The number of thioether (sulfide) groups is 1. The summed E-state index contributed by atoms with van der Waals surface area (Å²) in [6, 6.07) is 10.9. The van der Waals surface area contributed by atoms with Gasteiger partial charge in [-0.3, -0.25) is 4.99 Å². The smallest absolute Gasteiger partial charge is 0.168 e. The van der Waals surface area contributed by atoms with Crippen LogP contribution >= 0.6 is 23.1 Å². The van der Waals surface area contributed by atoms with Gasteiger partial charge in [0.1, 0.15) is 0 Å². The van der Waals surface area contributed by atoms with Crippen LogP contribution in [0, 0.1) is 0 Å². The summed E-state index contributed by atoms with van der Waals surface area (Å²) in [6.45, 7) is 4.17. The van der Waals surface area contributed by atoms with Gasteiger partial charge in [-0.2, -0.15) is 0 Å². The maximum atomic E-state index is 4.55. The average Bonchev–Trinajstić information content (AvgIpc) is 3.00. The van der Waals surface area contributed by atoms with Crippen molar-refractivity contribution in [1.29, 1.82) is 0 Å². The van der Waals surface area contributed by atoms with E-state index >= 15 is 0 Å². The quantitative estimate of drug-likeness (QED) is 0.779. The van der Waals surface area contributed by atoms with Crippen LogP contribution in [0.25, 0.3) is 15.8 Å². The first-order chi connectivity index (χ1) is 8.83. The molecule has 0 spiro atoms. The number of amidine groups is 1. The second-order valence-electron chi connectivity index (χ2n) is 4.47. The molecule has 4 heteroatoms. The van der Waals surface area contributed by atoms with Crippen LogP contribution in [0.4, 0.5) is 0 Å². The van der Waals surface area contributed by atoms with E-state index in [9.17, 15) is 0 Å². The van der Waals surface area contributed by atoms with E-state index in [0.717, 1.165) is 13.1 Å². The van der Waals surface area contributed by atoms with Gasteiger partial charge in [0.05, 0.1) is 17.1 Å². The molecule has 3 heterocycles. The molecule has 0 aliphatic carbocycles. The van der Waals surface area contributed by atoms with Crippen LogP contribution in [0.1, 0.15) is 11.8 Å². The van der Waals surface area contributed by atoms with Crippen molar-refractivity contribution in [1.82, 2.24) is 4.90 Å². The average molecular weight is 272 g/mol. The number of hydrogen-bond donors (Lipinski definition) is 0. The highest BCUT2D eigenvalue weighted by molar-refractivity contribution is 8.17. The predicted molar refractivity (Wildman–Crippen MR) is 81.0 cm³/mol. The number of allylic oxidation sites excluding steroid dienone is 1. The number of hydrogen-bond acceptors (Lipinski definition) is 4. The second-order valence-corrected chi connectivity index (χ2v) is 6.74. The minimum atomic E-state index is 0.935. The summed E-state index contributed by atoms with van der Waals surface area (Å²) in [5, 5.41) is 2.52. The number of aliphatic imine (C=N–C) groups is 1. The van der Waals surface area contributed by atoms with Crippen LogP contribution < -0.4 is 0 Å². The Morgan fingerprint density at radius 1 is 1.28 bits per heavy atom. The van der Waals surface area contributed by atoms with Crippen molar-refractivity contribution in [3.8, 4) is 0 Å². The normalized spacial score (nSPS) is 18.7. The van der Waals surface area contributed by atoms with Crippen molar-refractivity contribution in [2.45, 2.75) is 6.92 Å². The number of thiophene rings is 1. The maximum Gasteiger partial charge on any atom is 0.168 e. The van der Waals surface area contributed by atoms with Crippen molar-refractivity contribution in [3.63, 3.8) is 0 Å². The molecule has 90 valence electrons. The Hall–Kier alpha value is -1.26. The molecule has 1 aromatic carbocycles. The third-order valence-electron chi connectivity index (χ3n) is 3.31. The Bertz CT molecular complexity index is 664. The first-order valence-corrected chi connectivity index (χ1v) is 7.66. The summed E-state index contributed by atoms with van der Waals surface area (Å²) in [4.78, 5) is 9.66. The molecular formula is C14H12N2S2. The highest BCUT2D eigenvalue weighted by atomic mass is 32.2. The molecule has 2 aliphatic heterocycles. The number of nitrogens with zero attached hydrogens (tertiary/aromatic N) is 2. The summed E-state index contributed by atoms with van der Waals surface area (Å²) in [6.07, 6.45) is 0. The third-order valence-corrected chi connectivity index (χ3v) is 5.46. The van der Waals surface area contributed by atoms with E-state index in [1.807, 2.05) is 23.1 Å². The Labute approximate surface area is 114 Å². The van der Waals surface area contributed by atoms with Crippen LogP contribution in [0.3, 0.4) is 0 Å². The summed E-state index contributed by atoms with van der Waals surface area (Å²) < 4.78 is 1.36. The molecular weight excluding hydrogens is 260 g/mol. The summed E-state index contributed by atoms with van der Waals surface area (Å²) >= 11 is 3.69. The van der Waals surface area contributed by atoms with Crippen LogP contribution in [-0.4, -0.2) is 23.2 Å². The van der Waals surface area contributed by atoms with Crippen molar-refractivity contribution >= 4 is 44.0 Å². The van der Waals surface area contributed by atoms with Gasteiger partial charge in [-0.25, -0.2) is 0 Å². The molecule has 0 radical (unpaired) electrons. The van der Waals surface area contributed by atoms with E-state index in [1.165, 1.54) is 30.7 Å². The van der Waals surface area contributed by atoms with Crippen LogP contribution in [0.2, 0.25) is 0 Å². The van der Waals surface area contributed by atoms with E-state index in [0.29, 0.717) is 0 Å². The Balaban J connectivity index is 1.87. The van der Waals surface area contributed by atoms with Gasteiger partial charge in [0.15, 0.2) is 5.17 Å². The highest BCUT2D eigenvalue weighted by Crippen LogP contribution is 2.44. The van der Waals surface area contributed by atoms with Crippen LogP contribution in [0.5, 0.6) is 0 Å². The lowest BCUT2D eigenvalue weighted by Crippen LogP contribution is -2.19. The fourth-order valence-electron chi connectivity index (χ4n) is 2.50. The minimum Gasteiger partial charge on any atom is -0.317 e. The molecule has 4 rings (SSSR count). The lowest BCUT2D eigenvalue weighted by Gasteiger charge is -2.15.